The molecule has 2 aromatic rings. The summed E-state index contributed by atoms with van der Waals surface area (Å²) in [7, 11) is 0. The van der Waals surface area contributed by atoms with Gasteiger partial charge in [-0.25, -0.2) is 0 Å². The highest BCUT2D eigenvalue weighted by atomic mass is 35.5. The van der Waals surface area contributed by atoms with Gasteiger partial charge in [0.25, 0.3) is 0 Å². The van der Waals surface area contributed by atoms with Crippen LogP contribution in [0.5, 0.6) is 0 Å². The van der Waals surface area contributed by atoms with Gasteiger partial charge in [-0.05, 0) is 48.4 Å². The molecular weight excluding hydrogens is 324 g/mol. The Morgan fingerprint density at radius 1 is 0.895 bits per heavy atom. The van der Waals surface area contributed by atoms with E-state index >= 15 is 0 Å². The summed E-state index contributed by atoms with van der Waals surface area (Å²) in [6.45, 7) is 0.532. The molecule has 2 N–H and O–H groups in total. The number of rotatable bonds is 3. The molecule has 1 nitrogen and oxygen atoms in total. The molecule has 0 aliphatic carbocycles. The molecule has 0 spiro atoms. The van der Waals surface area contributed by atoms with Crippen molar-refractivity contribution in [3.05, 3.63) is 56.0 Å². The summed E-state index contributed by atoms with van der Waals surface area (Å²) in [5, 5.41) is 2.03. The Labute approximate surface area is 132 Å². The molecule has 19 heavy (non-hydrogen) atoms. The van der Waals surface area contributed by atoms with Gasteiger partial charge in [-0.3, -0.25) is 0 Å². The molecule has 0 heterocycles. The fourth-order valence-corrected chi connectivity index (χ4v) is 2.83. The first-order chi connectivity index (χ1) is 9.04. The molecule has 5 heteroatoms. The Bertz CT molecular complexity index is 611. The summed E-state index contributed by atoms with van der Waals surface area (Å²) in [6, 6.07) is 8.97. The molecule has 2 rings (SSSR count). The predicted octanol–water partition coefficient (Wildman–Crippen LogP) is 5.47. The van der Waals surface area contributed by atoms with Crippen molar-refractivity contribution in [2.75, 3.05) is 6.54 Å². The number of nitrogens with two attached hydrogens (primary N) is 1. The molecule has 0 aromatic heterocycles. The van der Waals surface area contributed by atoms with E-state index < -0.39 is 0 Å². The molecule has 0 saturated carbocycles. The summed E-state index contributed by atoms with van der Waals surface area (Å²) < 4.78 is 0. The smallest absolute Gasteiger partial charge is 0.0685 e. The van der Waals surface area contributed by atoms with Gasteiger partial charge in [-0.2, -0.15) is 0 Å². The largest absolute Gasteiger partial charge is 0.330 e. The lowest BCUT2D eigenvalue weighted by atomic mass is 9.97. The molecule has 0 aliphatic heterocycles. The van der Waals surface area contributed by atoms with E-state index in [2.05, 4.69) is 0 Å². The Morgan fingerprint density at radius 3 is 2.26 bits per heavy atom. The quantitative estimate of drug-likeness (QED) is 0.740. The lowest BCUT2D eigenvalue weighted by Gasteiger charge is -2.13. The first-order valence-corrected chi connectivity index (χ1v) is 7.18. The fourth-order valence-electron chi connectivity index (χ4n) is 1.93. The van der Waals surface area contributed by atoms with Crippen LogP contribution >= 0.6 is 46.4 Å². The Kier molecular flexibility index (Phi) is 4.99. The van der Waals surface area contributed by atoms with Gasteiger partial charge in [0.1, 0.15) is 0 Å². The van der Waals surface area contributed by atoms with E-state index in [1.165, 1.54) is 0 Å². The van der Waals surface area contributed by atoms with E-state index in [1.54, 1.807) is 12.1 Å². The van der Waals surface area contributed by atoms with Crippen molar-refractivity contribution in [3.8, 4) is 11.1 Å². The number of hydrogen-bond acceptors (Lipinski definition) is 1. The monoisotopic (exact) mass is 333 g/mol. The predicted molar refractivity (Wildman–Crippen MR) is 84.7 cm³/mol. The summed E-state index contributed by atoms with van der Waals surface area (Å²) in [5.74, 6) is 0. The Hall–Kier alpha value is -0.440. The zero-order chi connectivity index (χ0) is 14.0. The maximum absolute atomic E-state index is 6.27. The highest BCUT2D eigenvalue weighted by Crippen LogP contribution is 2.41. The zero-order valence-electron chi connectivity index (χ0n) is 9.89. The molecule has 2 aromatic carbocycles. The number of halogens is 4. The molecule has 0 atom stereocenters. The second-order valence-corrected chi connectivity index (χ2v) is 5.69. The normalized spacial score (nSPS) is 10.8. The average Bonchev–Trinajstić information content (AvgIpc) is 2.38. The molecule has 0 aliphatic rings. The van der Waals surface area contributed by atoms with Crippen LogP contribution in [0.1, 0.15) is 5.56 Å². The van der Waals surface area contributed by atoms with E-state index in [4.69, 9.17) is 52.1 Å². The maximum atomic E-state index is 6.27. The van der Waals surface area contributed by atoms with Crippen molar-refractivity contribution in [1.29, 1.82) is 0 Å². The van der Waals surface area contributed by atoms with Crippen molar-refractivity contribution in [2.24, 2.45) is 5.73 Å². The molecule has 0 amide bonds. The first-order valence-electron chi connectivity index (χ1n) is 5.67. The maximum Gasteiger partial charge on any atom is 0.0685 e. The van der Waals surface area contributed by atoms with Crippen molar-refractivity contribution in [1.82, 2.24) is 0 Å². The van der Waals surface area contributed by atoms with Gasteiger partial charge in [-0.15, -0.1) is 0 Å². The van der Waals surface area contributed by atoms with Gasteiger partial charge < -0.3 is 5.73 Å². The molecule has 0 radical (unpaired) electrons. The van der Waals surface area contributed by atoms with Crippen LogP contribution in [0, 0.1) is 0 Å². The standard InChI is InChI=1S/C14H11Cl4N/c15-9-2-1-8(5-6-19)10(7-9)13-11(16)3-4-12(17)14(13)18/h1-4,7H,5-6,19H2. The fraction of sp³-hybridized carbons (Fsp3) is 0.143. The third-order valence-electron chi connectivity index (χ3n) is 2.80. The molecule has 0 unspecified atom stereocenters. The average molecular weight is 335 g/mol. The molecular formula is C14H11Cl4N. The second kappa shape index (κ2) is 6.34. The van der Waals surface area contributed by atoms with Crippen LogP contribution in [0.25, 0.3) is 11.1 Å². The molecule has 100 valence electrons. The van der Waals surface area contributed by atoms with E-state index in [0.29, 0.717) is 38.6 Å². The summed E-state index contributed by atoms with van der Waals surface area (Å²) >= 11 is 24.6. The number of benzene rings is 2. The minimum Gasteiger partial charge on any atom is -0.330 e. The van der Waals surface area contributed by atoms with Crippen molar-refractivity contribution in [3.63, 3.8) is 0 Å². The Balaban J connectivity index is 2.70. The van der Waals surface area contributed by atoms with Gasteiger partial charge >= 0.3 is 0 Å². The highest BCUT2D eigenvalue weighted by Gasteiger charge is 2.15. The van der Waals surface area contributed by atoms with Crippen LogP contribution < -0.4 is 5.73 Å². The Morgan fingerprint density at radius 2 is 1.58 bits per heavy atom. The van der Waals surface area contributed by atoms with Gasteiger partial charge in [0.15, 0.2) is 0 Å². The minimum absolute atomic E-state index is 0.426. The SMILES string of the molecule is NCCc1ccc(Cl)cc1-c1c(Cl)ccc(Cl)c1Cl. The molecule has 0 saturated heterocycles. The van der Waals surface area contributed by atoms with E-state index in [1.807, 2.05) is 18.2 Å². The van der Waals surface area contributed by atoms with Crippen LogP contribution in [0.15, 0.2) is 30.3 Å². The molecule has 0 fully saturated rings. The number of hydrogen-bond donors (Lipinski definition) is 1. The van der Waals surface area contributed by atoms with E-state index in [9.17, 15) is 0 Å². The van der Waals surface area contributed by atoms with E-state index in [0.717, 1.165) is 11.1 Å². The zero-order valence-corrected chi connectivity index (χ0v) is 12.9. The second-order valence-electron chi connectivity index (χ2n) is 4.06. The van der Waals surface area contributed by atoms with Crippen LogP contribution in [-0.4, -0.2) is 6.54 Å². The van der Waals surface area contributed by atoms with Crippen molar-refractivity contribution >= 4 is 46.4 Å². The third-order valence-corrected chi connectivity index (χ3v) is 4.15. The van der Waals surface area contributed by atoms with Crippen LogP contribution in [0.2, 0.25) is 20.1 Å². The van der Waals surface area contributed by atoms with Crippen molar-refractivity contribution in [2.45, 2.75) is 6.42 Å². The minimum atomic E-state index is 0.426. The summed E-state index contributed by atoms with van der Waals surface area (Å²) in [4.78, 5) is 0. The lowest BCUT2D eigenvalue weighted by Crippen LogP contribution is -2.04. The summed E-state index contributed by atoms with van der Waals surface area (Å²) in [5.41, 5.74) is 8.23. The first kappa shape index (κ1) is 15.0. The summed E-state index contributed by atoms with van der Waals surface area (Å²) in [6.07, 6.45) is 0.714. The van der Waals surface area contributed by atoms with Crippen LogP contribution in [0.3, 0.4) is 0 Å². The van der Waals surface area contributed by atoms with Crippen LogP contribution in [-0.2, 0) is 6.42 Å². The topological polar surface area (TPSA) is 26.0 Å². The van der Waals surface area contributed by atoms with Gasteiger partial charge in [-0.1, -0.05) is 52.5 Å². The van der Waals surface area contributed by atoms with Crippen molar-refractivity contribution < 1.29 is 0 Å². The van der Waals surface area contributed by atoms with E-state index in [-0.39, 0.29) is 0 Å². The van der Waals surface area contributed by atoms with Gasteiger partial charge in [0, 0.05) is 10.6 Å². The third kappa shape index (κ3) is 3.18. The highest BCUT2D eigenvalue weighted by molar-refractivity contribution is 6.46. The lowest BCUT2D eigenvalue weighted by molar-refractivity contribution is 0.971. The van der Waals surface area contributed by atoms with Crippen LogP contribution in [0.4, 0.5) is 0 Å². The van der Waals surface area contributed by atoms with Gasteiger partial charge in [0.05, 0.1) is 15.1 Å². The molecule has 0 bridgehead atoms. The van der Waals surface area contributed by atoms with Gasteiger partial charge in [0.2, 0.25) is 0 Å².